The predicted octanol–water partition coefficient (Wildman–Crippen LogP) is 2.44. The number of halogens is 1. The van der Waals surface area contributed by atoms with Crippen LogP contribution in [-0.4, -0.2) is 19.0 Å². The van der Waals surface area contributed by atoms with Gasteiger partial charge in [0.1, 0.15) is 6.54 Å². The number of rotatable bonds is 5. The van der Waals surface area contributed by atoms with E-state index < -0.39 is 0 Å². The van der Waals surface area contributed by atoms with Crippen molar-refractivity contribution in [1.29, 1.82) is 0 Å². The lowest BCUT2D eigenvalue weighted by Crippen LogP contribution is -3.12. The molecular formula is C15H18ClN2OS+. The number of likely N-dealkylation sites (N-methyl/N-ethyl adjacent to an activating group) is 1. The number of anilines is 1. The molecule has 0 aliphatic rings. The van der Waals surface area contributed by atoms with Crippen molar-refractivity contribution in [1.82, 2.24) is 0 Å². The van der Waals surface area contributed by atoms with Gasteiger partial charge in [0.25, 0.3) is 5.91 Å². The molecule has 0 spiro atoms. The zero-order chi connectivity index (χ0) is 14.5. The number of hydrogen-bond donors (Lipinski definition) is 2. The fraction of sp³-hybridized carbons (Fsp3) is 0.267. The molecule has 2 atom stereocenters. The summed E-state index contributed by atoms with van der Waals surface area (Å²) in [5, 5.41) is 2.93. The molecule has 0 aliphatic carbocycles. The molecule has 106 valence electrons. The van der Waals surface area contributed by atoms with Crippen LogP contribution in [0.2, 0.25) is 4.34 Å². The zero-order valence-corrected chi connectivity index (χ0v) is 13.1. The quantitative estimate of drug-likeness (QED) is 0.874. The van der Waals surface area contributed by atoms with Crippen molar-refractivity contribution in [2.75, 3.05) is 12.4 Å². The largest absolute Gasteiger partial charge is 0.323 e. The SMILES string of the molecule is C[C@@H](C(=O)Nc1ccccc1)[NH+](C)Cc1ccc(Cl)s1. The Morgan fingerprint density at radius 1 is 1.30 bits per heavy atom. The average Bonchev–Trinajstić information content (AvgIpc) is 2.84. The minimum atomic E-state index is -0.129. The Morgan fingerprint density at radius 3 is 2.60 bits per heavy atom. The van der Waals surface area contributed by atoms with Crippen LogP contribution in [0.15, 0.2) is 42.5 Å². The Balaban J connectivity index is 1.92. The summed E-state index contributed by atoms with van der Waals surface area (Å²) in [5.41, 5.74) is 0.830. The van der Waals surface area contributed by atoms with Gasteiger partial charge in [0.05, 0.1) is 16.3 Å². The Labute approximate surface area is 128 Å². The van der Waals surface area contributed by atoms with E-state index in [0.29, 0.717) is 0 Å². The van der Waals surface area contributed by atoms with E-state index in [4.69, 9.17) is 11.6 Å². The molecule has 1 amide bonds. The summed E-state index contributed by atoms with van der Waals surface area (Å²) in [4.78, 5) is 14.5. The van der Waals surface area contributed by atoms with Crippen molar-refractivity contribution >= 4 is 34.5 Å². The molecule has 0 fully saturated rings. The third kappa shape index (κ3) is 4.07. The van der Waals surface area contributed by atoms with Crippen LogP contribution in [0.25, 0.3) is 0 Å². The number of quaternary nitrogens is 1. The standard InChI is InChI=1S/C15H17ClN2OS/c1-11(15(19)17-12-6-4-3-5-7-12)18(2)10-13-8-9-14(16)20-13/h3-9,11H,10H2,1-2H3,(H,17,19)/p+1/t11-/m0/s1. The molecule has 0 aliphatic heterocycles. The molecule has 2 rings (SSSR count). The van der Waals surface area contributed by atoms with Crippen LogP contribution in [-0.2, 0) is 11.3 Å². The van der Waals surface area contributed by atoms with Crippen LogP contribution < -0.4 is 10.2 Å². The topological polar surface area (TPSA) is 33.5 Å². The third-order valence-corrected chi connectivity index (χ3v) is 4.49. The van der Waals surface area contributed by atoms with Crippen molar-refractivity contribution in [3.63, 3.8) is 0 Å². The van der Waals surface area contributed by atoms with Gasteiger partial charge in [0, 0.05) is 5.69 Å². The van der Waals surface area contributed by atoms with E-state index in [-0.39, 0.29) is 11.9 Å². The highest BCUT2D eigenvalue weighted by Crippen LogP contribution is 2.20. The Hall–Kier alpha value is -1.36. The summed E-state index contributed by atoms with van der Waals surface area (Å²) in [5.74, 6) is 0.0244. The highest BCUT2D eigenvalue weighted by molar-refractivity contribution is 7.16. The summed E-state index contributed by atoms with van der Waals surface area (Å²) < 4.78 is 0.786. The highest BCUT2D eigenvalue weighted by atomic mass is 35.5. The Bertz CT molecular complexity index is 570. The molecule has 5 heteroatoms. The van der Waals surface area contributed by atoms with Crippen LogP contribution in [0.3, 0.4) is 0 Å². The number of carbonyl (C=O) groups excluding carboxylic acids is 1. The van der Waals surface area contributed by atoms with Crippen LogP contribution in [0.4, 0.5) is 5.69 Å². The lowest BCUT2D eigenvalue weighted by Gasteiger charge is -2.20. The maximum absolute atomic E-state index is 12.2. The van der Waals surface area contributed by atoms with Gasteiger partial charge in [0.2, 0.25) is 0 Å². The van der Waals surface area contributed by atoms with Gasteiger partial charge in [-0.1, -0.05) is 29.8 Å². The number of benzene rings is 1. The number of amides is 1. The maximum atomic E-state index is 12.2. The average molecular weight is 310 g/mol. The molecular weight excluding hydrogens is 292 g/mol. The van der Waals surface area contributed by atoms with E-state index >= 15 is 0 Å². The molecule has 1 aromatic heterocycles. The molecule has 2 N–H and O–H groups in total. The lowest BCUT2D eigenvalue weighted by atomic mass is 10.2. The molecule has 3 nitrogen and oxygen atoms in total. The van der Waals surface area contributed by atoms with Gasteiger partial charge in [-0.05, 0) is 31.2 Å². The molecule has 1 heterocycles. The first-order chi connectivity index (χ1) is 9.56. The van der Waals surface area contributed by atoms with Gasteiger partial charge in [-0.3, -0.25) is 4.79 Å². The second-order valence-corrected chi connectivity index (χ2v) is 6.61. The summed E-state index contributed by atoms with van der Waals surface area (Å²) in [6.45, 7) is 2.73. The van der Waals surface area contributed by atoms with E-state index in [1.165, 1.54) is 4.88 Å². The predicted molar refractivity (Wildman–Crippen MR) is 84.5 cm³/mol. The van der Waals surface area contributed by atoms with Crippen LogP contribution in [0.1, 0.15) is 11.8 Å². The van der Waals surface area contributed by atoms with Gasteiger partial charge >= 0.3 is 0 Å². The van der Waals surface area contributed by atoms with Crippen molar-refractivity contribution < 1.29 is 9.69 Å². The van der Waals surface area contributed by atoms with E-state index in [2.05, 4.69) is 5.32 Å². The number of carbonyl (C=O) groups is 1. The van der Waals surface area contributed by atoms with Crippen LogP contribution in [0.5, 0.6) is 0 Å². The number of nitrogens with one attached hydrogen (secondary N) is 2. The fourth-order valence-corrected chi connectivity index (χ4v) is 3.05. The van der Waals surface area contributed by atoms with Crippen LogP contribution in [0, 0.1) is 0 Å². The third-order valence-electron chi connectivity index (χ3n) is 3.26. The number of thiophene rings is 1. The molecule has 20 heavy (non-hydrogen) atoms. The minimum Gasteiger partial charge on any atom is -0.323 e. The van der Waals surface area contributed by atoms with Crippen molar-refractivity contribution in [3.05, 3.63) is 51.7 Å². The zero-order valence-electron chi connectivity index (χ0n) is 11.5. The first-order valence-electron chi connectivity index (χ1n) is 6.48. The second-order valence-electron chi connectivity index (χ2n) is 4.81. The molecule has 1 unspecified atom stereocenters. The molecule has 2 aromatic rings. The van der Waals surface area contributed by atoms with Crippen LogP contribution >= 0.6 is 22.9 Å². The van der Waals surface area contributed by atoms with Gasteiger partial charge < -0.3 is 10.2 Å². The normalized spacial score (nSPS) is 13.8. The lowest BCUT2D eigenvalue weighted by molar-refractivity contribution is -0.907. The van der Waals surface area contributed by atoms with Gasteiger partial charge in [-0.25, -0.2) is 0 Å². The summed E-state index contributed by atoms with van der Waals surface area (Å²) >= 11 is 7.49. The van der Waals surface area contributed by atoms with Gasteiger partial charge in [0.15, 0.2) is 6.04 Å². The van der Waals surface area contributed by atoms with Gasteiger partial charge in [-0.15, -0.1) is 11.3 Å². The second kappa shape index (κ2) is 6.88. The molecule has 0 saturated carbocycles. The summed E-state index contributed by atoms with van der Waals surface area (Å²) in [6, 6.07) is 13.3. The van der Waals surface area contributed by atoms with Crippen molar-refractivity contribution in [2.45, 2.75) is 19.5 Å². The highest BCUT2D eigenvalue weighted by Gasteiger charge is 2.22. The Kier molecular flexibility index (Phi) is 5.17. The van der Waals surface area contributed by atoms with E-state index in [9.17, 15) is 4.79 Å². The first-order valence-corrected chi connectivity index (χ1v) is 7.68. The number of para-hydroxylation sites is 1. The monoisotopic (exact) mass is 309 g/mol. The fourth-order valence-electron chi connectivity index (χ4n) is 1.87. The smallest absolute Gasteiger partial charge is 0.282 e. The number of hydrogen-bond acceptors (Lipinski definition) is 2. The first kappa shape index (κ1) is 15.0. The molecule has 0 radical (unpaired) electrons. The summed E-state index contributed by atoms with van der Waals surface area (Å²) in [7, 11) is 2.02. The Morgan fingerprint density at radius 2 is 2.00 bits per heavy atom. The molecule has 0 bridgehead atoms. The minimum absolute atomic E-state index is 0.0244. The van der Waals surface area contributed by atoms with Crippen molar-refractivity contribution in [2.24, 2.45) is 0 Å². The maximum Gasteiger partial charge on any atom is 0.282 e. The molecule has 0 saturated heterocycles. The molecule has 1 aromatic carbocycles. The van der Waals surface area contributed by atoms with E-state index in [0.717, 1.165) is 21.5 Å². The van der Waals surface area contributed by atoms with E-state index in [1.54, 1.807) is 11.3 Å². The summed E-state index contributed by atoms with van der Waals surface area (Å²) in [6.07, 6.45) is 0. The van der Waals surface area contributed by atoms with Gasteiger partial charge in [-0.2, -0.15) is 0 Å². The van der Waals surface area contributed by atoms with E-state index in [1.807, 2.05) is 56.4 Å². The van der Waals surface area contributed by atoms with Crippen molar-refractivity contribution in [3.8, 4) is 0 Å².